The number of carbonyl (C=O) groups is 3. The van der Waals surface area contributed by atoms with Gasteiger partial charge in [0.1, 0.15) is 0 Å². The Kier molecular flexibility index (Phi) is 21.2. The van der Waals surface area contributed by atoms with E-state index in [2.05, 4.69) is 81.4 Å². The number of anilines is 3. The van der Waals surface area contributed by atoms with E-state index in [9.17, 15) is 27.6 Å². The number of piperazine rings is 1. The average Bonchev–Trinajstić information content (AvgIpc) is 3.31. The molecule has 0 bridgehead atoms. The Morgan fingerprint density at radius 3 is 1.31 bits per heavy atom. The predicted octanol–water partition coefficient (Wildman–Crippen LogP) is 14.5. The highest BCUT2D eigenvalue weighted by Gasteiger charge is 2.34. The van der Waals surface area contributed by atoms with Crippen LogP contribution in [-0.4, -0.2) is 78.0 Å². The summed E-state index contributed by atoms with van der Waals surface area (Å²) in [5.74, 6) is 0.117. The van der Waals surface area contributed by atoms with Gasteiger partial charge < -0.3 is 20.9 Å². The third-order valence-corrected chi connectivity index (χ3v) is 12.8. The molecule has 11 heteroatoms. The maximum atomic E-state index is 13.8. The van der Waals surface area contributed by atoms with Crippen molar-refractivity contribution in [3.8, 4) is 0 Å². The van der Waals surface area contributed by atoms with Gasteiger partial charge in [-0.25, -0.2) is 0 Å². The molecule has 1 aliphatic rings. The Morgan fingerprint density at radius 1 is 0.520 bits per heavy atom. The van der Waals surface area contributed by atoms with Crippen LogP contribution in [0.4, 0.5) is 30.2 Å². The number of carbonyl (C=O) groups excluding carboxylic acids is 3. The second-order valence-electron chi connectivity index (χ2n) is 21.9. The van der Waals surface area contributed by atoms with Crippen molar-refractivity contribution in [2.24, 2.45) is 0 Å². The standard InChI is InChI=1S/C25H32F3N3O.C20H25NO.C19H23NO/c1-17(2)29-23-15-20(7-5-18(23)3)24(32)14-19-6-8-21(22(13-19)25(26,27)28)16-31-11-9-30(4)10-12-31;1-14-7-6-8-16(11-14)12-19(22)17-10-9-15(2)18(13-17)21-20(3,4)5;1-13(2)20-18-12-17(9-8-15(18)4)19(21)11-16-7-5-6-14(3)10-16/h5-8,13,15,17,29H,9-12,14,16H2,1-4H3;6-11,13,21H,12H2,1-5H3;5-10,12-13,20H,11H2,1-4H3. The van der Waals surface area contributed by atoms with E-state index in [1.165, 1.54) is 17.2 Å². The molecule has 0 saturated carbocycles. The van der Waals surface area contributed by atoms with Crippen LogP contribution in [0.1, 0.15) is 135 Å². The molecule has 0 atom stereocenters. The highest BCUT2D eigenvalue weighted by Crippen LogP contribution is 2.34. The molecule has 75 heavy (non-hydrogen) atoms. The van der Waals surface area contributed by atoms with Gasteiger partial charge in [0.15, 0.2) is 17.3 Å². The molecule has 6 aromatic rings. The molecule has 0 radical (unpaired) electrons. The Balaban J connectivity index is 0.000000215. The van der Waals surface area contributed by atoms with Crippen LogP contribution in [0.3, 0.4) is 0 Å². The lowest BCUT2D eigenvalue weighted by Gasteiger charge is -2.33. The van der Waals surface area contributed by atoms with Gasteiger partial charge in [0, 0.05) is 103 Å². The van der Waals surface area contributed by atoms with Gasteiger partial charge in [-0.15, -0.1) is 0 Å². The number of hydrogen-bond acceptors (Lipinski definition) is 8. The first kappa shape index (κ1) is 59.3. The number of nitrogens with zero attached hydrogens (tertiary/aromatic N) is 2. The zero-order valence-corrected chi connectivity index (χ0v) is 46.6. The molecule has 3 N–H and O–H groups in total. The minimum absolute atomic E-state index is 0.0248. The number of benzene rings is 6. The molecular formula is C64H80F3N5O3. The lowest BCUT2D eigenvalue weighted by Crippen LogP contribution is -2.44. The Labute approximate surface area is 445 Å². The van der Waals surface area contributed by atoms with E-state index in [0.717, 1.165) is 88.3 Å². The van der Waals surface area contributed by atoms with Crippen LogP contribution in [0.5, 0.6) is 0 Å². The Hall–Kier alpha value is -6.56. The maximum absolute atomic E-state index is 13.8. The summed E-state index contributed by atoms with van der Waals surface area (Å²) in [4.78, 5) is 42.0. The molecular weight excluding hydrogens is 944 g/mol. The number of halogens is 3. The van der Waals surface area contributed by atoms with Gasteiger partial charge in [-0.1, -0.05) is 108 Å². The van der Waals surface area contributed by atoms with Gasteiger partial charge >= 0.3 is 6.18 Å². The topological polar surface area (TPSA) is 93.8 Å². The predicted molar refractivity (Wildman–Crippen MR) is 305 cm³/mol. The minimum atomic E-state index is -4.46. The fourth-order valence-corrected chi connectivity index (χ4v) is 8.75. The first-order chi connectivity index (χ1) is 35.2. The molecule has 1 fully saturated rings. The van der Waals surface area contributed by atoms with Gasteiger partial charge in [0.05, 0.1) is 5.56 Å². The Bertz CT molecular complexity index is 2890. The van der Waals surface area contributed by atoms with Gasteiger partial charge in [-0.3, -0.25) is 19.3 Å². The molecule has 6 aromatic carbocycles. The third-order valence-electron chi connectivity index (χ3n) is 12.8. The average molecular weight is 1020 g/mol. The molecule has 0 spiro atoms. The normalized spacial score (nSPS) is 13.1. The zero-order valence-electron chi connectivity index (χ0n) is 46.6. The van der Waals surface area contributed by atoms with Gasteiger partial charge in [0.25, 0.3) is 0 Å². The van der Waals surface area contributed by atoms with E-state index in [1.54, 1.807) is 18.2 Å². The first-order valence-electron chi connectivity index (χ1n) is 26.2. The van der Waals surface area contributed by atoms with Crippen LogP contribution in [0, 0.1) is 34.6 Å². The number of ketones is 3. The van der Waals surface area contributed by atoms with Crippen LogP contribution in [0.2, 0.25) is 0 Å². The van der Waals surface area contributed by atoms with E-state index >= 15 is 0 Å². The van der Waals surface area contributed by atoms with Crippen molar-refractivity contribution in [1.82, 2.24) is 9.80 Å². The van der Waals surface area contributed by atoms with E-state index in [-0.39, 0.29) is 47.5 Å². The van der Waals surface area contributed by atoms with Crippen molar-refractivity contribution in [1.29, 1.82) is 0 Å². The number of nitrogens with one attached hydrogen (secondary N) is 3. The van der Waals surface area contributed by atoms with Crippen LogP contribution >= 0.6 is 0 Å². The smallest absolute Gasteiger partial charge is 0.383 e. The lowest BCUT2D eigenvalue weighted by atomic mass is 9.97. The van der Waals surface area contributed by atoms with E-state index < -0.39 is 11.7 Å². The van der Waals surface area contributed by atoms with Crippen molar-refractivity contribution < 1.29 is 27.6 Å². The molecule has 1 saturated heterocycles. The van der Waals surface area contributed by atoms with Gasteiger partial charge in [0.2, 0.25) is 0 Å². The molecule has 400 valence electrons. The summed E-state index contributed by atoms with van der Waals surface area (Å²) < 4.78 is 41.4. The van der Waals surface area contributed by atoms with Crippen LogP contribution in [0.25, 0.3) is 0 Å². The van der Waals surface area contributed by atoms with Crippen LogP contribution < -0.4 is 16.0 Å². The number of Topliss-reactive ketones (excluding diaryl/α,β-unsaturated/α-hetero) is 3. The summed E-state index contributed by atoms with van der Waals surface area (Å²) in [6.07, 6.45) is -3.63. The first-order valence-corrected chi connectivity index (χ1v) is 26.2. The number of alkyl halides is 3. The quantitative estimate of drug-likeness (QED) is 0.0826. The third kappa shape index (κ3) is 19.3. The summed E-state index contributed by atoms with van der Waals surface area (Å²) in [6.45, 7) is 28.2. The fraction of sp³-hybridized carbons (Fsp3) is 0.391. The number of hydrogen-bond donors (Lipinski definition) is 3. The number of rotatable bonds is 16. The van der Waals surface area contributed by atoms with Crippen molar-refractivity contribution in [3.05, 3.63) is 194 Å². The molecule has 1 heterocycles. The SMILES string of the molecule is Cc1ccc(C(=O)Cc2ccc(CN3CCN(C)CC3)c(C(F)(F)F)c2)cc1NC(C)C.Cc1cccc(CC(=O)c2ccc(C)c(NC(C)(C)C)c2)c1.Cc1cccc(CC(=O)c2ccc(C)c(NC(C)C)c2)c1. The van der Waals surface area contributed by atoms with Gasteiger partial charge in [-0.05, 0) is 153 Å². The zero-order chi connectivity index (χ0) is 55.2. The molecule has 8 nitrogen and oxygen atoms in total. The van der Waals surface area contributed by atoms with E-state index in [4.69, 9.17) is 0 Å². The summed E-state index contributed by atoms with van der Waals surface area (Å²) in [5.41, 5.74) is 12.8. The summed E-state index contributed by atoms with van der Waals surface area (Å²) in [5, 5.41) is 10.2. The molecule has 0 unspecified atom stereocenters. The molecule has 0 aliphatic carbocycles. The monoisotopic (exact) mass is 1020 g/mol. The second kappa shape index (κ2) is 26.8. The molecule has 1 aliphatic heterocycles. The van der Waals surface area contributed by atoms with Crippen LogP contribution in [0.15, 0.2) is 121 Å². The molecule has 0 aromatic heterocycles. The van der Waals surface area contributed by atoms with Crippen molar-refractivity contribution >= 4 is 34.4 Å². The van der Waals surface area contributed by atoms with Gasteiger partial charge in [-0.2, -0.15) is 13.2 Å². The van der Waals surface area contributed by atoms with E-state index in [0.29, 0.717) is 30.0 Å². The van der Waals surface area contributed by atoms with Crippen molar-refractivity contribution in [2.75, 3.05) is 49.2 Å². The highest BCUT2D eigenvalue weighted by molar-refractivity contribution is 6.00. The second-order valence-corrected chi connectivity index (χ2v) is 21.9. The van der Waals surface area contributed by atoms with Crippen molar-refractivity contribution in [2.45, 2.75) is 133 Å². The number of aryl methyl sites for hydroxylation is 5. The summed E-state index contributed by atoms with van der Waals surface area (Å²) >= 11 is 0. The van der Waals surface area contributed by atoms with E-state index in [1.807, 2.05) is 125 Å². The Morgan fingerprint density at radius 2 is 0.920 bits per heavy atom. The highest BCUT2D eigenvalue weighted by atomic mass is 19.4. The summed E-state index contributed by atoms with van der Waals surface area (Å²) in [7, 11) is 2.01. The minimum Gasteiger partial charge on any atom is -0.383 e. The largest absolute Gasteiger partial charge is 0.416 e. The number of likely N-dealkylation sites (N-methyl/N-ethyl adjacent to an activating group) is 1. The fourth-order valence-electron chi connectivity index (χ4n) is 8.75. The van der Waals surface area contributed by atoms with Crippen LogP contribution in [-0.2, 0) is 32.0 Å². The molecule has 0 amide bonds. The summed E-state index contributed by atoms with van der Waals surface area (Å²) in [6, 6.07) is 38.3. The molecule has 7 rings (SSSR count). The van der Waals surface area contributed by atoms with Crippen molar-refractivity contribution in [3.63, 3.8) is 0 Å². The lowest BCUT2D eigenvalue weighted by molar-refractivity contribution is -0.138. The maximum Gasteiger partial charge on any atom is 0.416 e.